The molecule has 0 bridgehead atoms. The minimum atomic E-state index is -0.682. The van der Waals surface area contributed by atoms with Gasteiger partial charge in [-0.1, -0.05) is 13.0 Å². The Bertz CT molecular complexity index is 677. The van der Waals surface area contributed by atoms with Crippen LogP contribution in [0, 0.1) is 0 Å². The quantitative estimate of drug-likeness (QED) is 0.604. The molecule has 1 aromatic carbocycles. The maximum atomic E-state index is 12.5. The molecule has 3 amide bonds. The van der Waals surface area contributed by atoms with Crippen LogP contribution in [-0.2, 0) is 20.8 Å². The summed E-state index contributed by atoms with van der Waals surface area (Å²) >= 11 is 0. The highest BCUT2D eigenvalue weighted by Gasteiger charge is 2.27. The minimum Gasteiger partial charge on any atom is -0.496 e. The van der Waals surface area contributed by atoms with E-state index >= 15 is 0 Å². The van der Waals surface area contributed by atoms with Crippen molar-refractivity contribution >= 4 is 23.4 Å². The number of nitrogens with two attached hydrogens (primary N) is 1. The van der Waals surface area contributed by atoms with Crippen molar-refractivity contribution in [3.63, 3.8) is 0 Å². The Hall–Kier alpha value is -2.61. The van der Waals surface area contributed by atoms with Gasteiger partial charge < -0.3 is 26.0 Å². The van der Waals surface area contributed by atoms with Crippen molar-refractivity contribution in [1.29, 1.82) is 0 Å². The fraction of sp³-hybridized carbons (Fsp3) is 0.500. The first kappa shape index (κ1) is 19.7. The number of nitrogens with zero attached hydrogens (tertiary/aromatic N) is 1. The third-order valence-electron chi connectivity index (χ3n) is 4.38. The molecular formula is C18H26N4O4. The zero-order valence-electron chi connectivity index (χ0n) is 15.2. The summed E-state index contributed by atoms with van der Waals surface area (Å²) in [5, 5.41) is 5.15. The third kappa shape index (κ3) is 4.51. The number of benzene rings is 1. The van der Waals surface area contributed by atoms with Crippen LogP contribution >= 0.6 is 0 Å². The molecule has 4 N–H and O–H groups in total. The normalized spacial score (nSPS) is 14.9. The first-order valence-corrected chi connectivity index (χ1v) is 8.75. The van der Waals surface area contributed by atoms with E-state index in [4.69, 9.17) is 10.5 Å². The summed E-state index contributed by atoms with van der Waals surface area (Å²) in [5.74, 6) is -0.149. The molecule has 142 valence electrons. The topological polar surface area (TPSA) is 114 Å². The number of carbonyl (C=O) groups is 3. The summed E-state index contributed by atoms with van der Waals surface area (Å²) in [6.07, 6.45) is 2.19. The van der Waals surface area contributed by atoms with E-state index in [1.807, 2.05) is 12.1 Å². The summed E-state index contributed by atoms with van der Waals surface area (Å²) in [5.41, 5.74) is 6.91. The van der Waals surface area contributed by atoms with E-state index in [9.17, 15) is 14.4 Å². The van der Waals surface area contributed by atoms with Crippen molar-refractivity contribution in [2.75, 3.05) is 25.2 Å². The molecule has 0 saturated carbocycles. The van der Waals surface area contributed by atoms with Gasteiger partial charge in [0.15, 0.2) is 0 Å². The Morgan fingerprint density at radius 2 is 2.12 bits per heavy atom. The summed E-state index contributed by atoms with van der Waals surface area (Å²) in [7, 11) is 1.58. The van der Waals surface area contributed by atoms with E-state index in [0.29, 0.717) is 37.1 Å². The van der Waals surface area contributed by atoms with Crippen molar-refractivity contribution in [3.8, 4) is 5.75 Å². The van der Waals surface area contributed by atoms with Crippen molar-refractivity contribution in [1.82, 2.24) is 10.6 Å². The van der Waals surface area contributed by atoms with E-state index in [2.05, 4.69) is 10.6 Å². The monoisotopic (exact) mass is 362 g/mol. The number of anilines is 1. The van der Waals surface area contributed by atoms with Gasteiger partial charge >= 0.3 is 0 Å². The number of carbonyl (C=O) groups excluding carboxylic acids is 3. The van der Waals surface area contributed by atoms with Crippen molar-refractivity contribution in [3.05, 3.63) is 23.8 Å². The molecule has 1 atom stereocenters. The van der Waals surface area contributed by atoms with E-state index in [0.717, 1.165) is 5.56 Å². The fourth-order valence-electron chi connectivity index (χ4n) is 3.07. The second-order valence-electron chi connectivity index (χ2n) is 6.06. The van der Waals surface area contributed by atoms with Crippen LogP contribution in [0.3, 0.4) is 0 Å². The number of fused-ring (bicyclic) bond motifs is 1. The predicted molar refractivity (Wildman–Crippen MR) is 97.7 cm³/mol. The van der Waals surface area contributed by atoms with E-state index in [-0.39, 0.29) is 25.0 Å². The van der Waals surface area contributed by atoms with Crippen molar-refractivity contribution < 1.29 is 19.1 Å². The lowest BCUT2D eigenvalue weighted by Crippen LogP contribution is -2.50. The van der Waals surface area contributed by atoms with Crippen molar-refractivity contribution in [2.45, 2.75) is 38.6 Å². The molecule has 0 spiro atoms. The van der Waals surface area contributed by atoms with Gasteiger partial charge in [0, 0.05) is 12.0 Å². The highest BCUT2D eigenvalue weighted by Crippen LogP contribution is 2.33. The van der Waals surface area contributed by atoms with Gasteiger partial charge in [-0.25, -0.2) is 0 Å². The van der Waals surface area contributed by atoms with Gasteiger partial charge in [0.2, 0.25) is 17.7 Å². The lowest BCUT2D eigenvalue weighted by molar-refractivity contribution is -0.129. The molecule has 1 aromatic rings. The number of nitrogens with one attached hydrogen (secondary N) is 2. The Labute approximate surface area is 153 Å². The van der Waals surface area contributed by atoms with Gasteiger partial charge in [0.05, 0.1) is 19.5 Å². The van der Waals surface area contributed by atoms with E-state index in [1.54, 1.807) is 20.1 Å². The molecule has 2 rings (SSSR count). The second kappa shape index (κ2) is 9.19. The van der Waals surface area contributed by atoms with Crippen LogP contribution in [0.5, 0.6) is 5.75 Å². The summed E-state index contributed by atoms with van der Waals surface area (Å²) in [6.45, 7) is 1.65. The Morgan fingerprint density at radius 3 is 2.77 bits per heavy atom. The number of rotatable bonds is 7. The minimum absolute atomic E-state index is 0.00296. The van der Waals surface area contributed by atoms with Crippen LogP contribution in [0.15, 0.2) is 18.2 Å². The molecule has 8 heteroatoms. The van der Waals surface area contributed by atoms with Crippen LogP contribution in [0.1, 0.15) is 31.7 Å². The van der Waals surface area contributed by atoms with Crippen molar-refractivity contribution in [2.24, 2.45) is 5.73 Å². The average molecular weight is 362 g/mol. The van der Waals surface area contributed by atoms with Gasteiger partial charge in [-0.05, 0) is 31.4 Å². The summed E-state index contributed by atoms with van der Waals surface area (Å²) < 4.78 is 5.39. The lowest BCUT2D eigenvalue weighted by Gasteiger charge is -2.24. The zero-order chi connectivity index (χ0) is 19.1. The molecule has 0 saturated heterocycles. The average Bonchev–Trinajstić information content (AvgIpc) is 2.79. The van der Waals surface area contributed by atoms with Crippen LogP contribution in [-0.4, -0.2) is 44.1 Å². The summed E-state index contributed by atoms with van der Waals surface area (Å²) in [4.78, 5) is 38.3. The smallest absolute Gasteiger partial charge is 0.243 e. The van der Waals surface area contributed by atoms with E-state index < -0.39 is 11.9 Å². The molecule has 0 aromatic heterocycles. The summed E-state index contributed by atoms with van der Waals surface area (Å²) in [6, 6.07) is 4.77. The molecule has 8 nitrogen and oxygen atoms in total. The number of amides is 3. The Balaban J connectivity index is 2.18. The zero-order valence-corrected chi connectivity index (χ0v) is 15.2. The predicted octanol–water partition coefficient (Wildman–Crippen LogP) is 0.292. The molecule has 26 heavy (non-hydrogen) atoms. The molecule has 1 heterocycles. The third-order valence-corrected chi connectivity index (χ3v) is 4.38. The first-order chi connectivity index (χ1) is 12.5. The number of ether oxygens (including phenoxy) is 1. The van der Waals surface area contributed by atoms with Gasteiger partial charge in [-0.3, -0.25) is 14.4 Å². The van der Waals surface area contributed by atoms with Crippen LogP contribution < -0.4 is 26.0 Å². The molecule has 1 aliphatic heterocycles. The first-order valence-electron chi connectivity index (χ1n) is 8.75. The fourth-order valence-corrected chi connectivity index (χ4v) is 3.07. The van der Waals surface area contributed by atoms with Crippen LogP contribution in [0.25, 0.3) is 0 Å². The molecule has 0 radical (unpaired) electrons. The number of hydrogen-bond donors (Lipinski definition) is 3. The molecular weight excluding hydrogens is 336 g/mol. The highest BCUT2D eigenvalue weighted by molar-refractivity contribution is 6.01. The van der Waals surface area contributed by atoms with Gasteiger partial charge in [-0.15, -0.1) is 0 Å². The number of hydrogen-bond acceptors (Lipinski definition) is 5. The maximum absolute atomic E-state index is 12.5. The molecule has 1 aliphatic rings. The van der Waals surface area contributed by atoms with Gasteiger partial charge in [-0.2, -0.15) is 0 Å². The second-order valence-corrected chi connectivity index (χ2v) is 6.06. The molecule has 0 unspecified atom stereocenters. The van der Waals surface area contributed by atoms with Gasteiger partial charge in [0.25, 0.3) is 0 Å². The standard InChI is InChI=1S/C18H26N4O4/c1-3-13(18(25)20-11-19)21-16(23)10-22-14-7-5-8-15(26-2)12(14)6-4-9-17(22)24/h5,7-8,13H,3-4,6,9-11,19H2,1-2H3,(H,20,25)(H,21,23)/t13-/m1/s1. The Morgan fingerprint density at radius 1 is 1.35 bits per heavy atom. The number of methoxy groups -OCH3 is 1. The molecule has 0 aliphatic carbocycles. The highest BCUT2D eigenvalue weighted by atomic mass is 16.5. The lowest BCUT2D eigenvalue weighted by atomic mass is 10.1. The van der Waals surface area contributed by atoms with Gasteiger partial charge in [0.1, 0.15) is 18.3 Å². The largest absolute Gasteiger partial charge is 0.496 e. The maximum Gasteiger partial charge on any atom is 0.243 e. The van der Waals surface area contributed by atoms with Crippen LogP contribution in [0.4, 0.5) is 5.69 Å². The van der Waals surface area contributed by atoms with Crippen LogP contribution in [0.2, 0.25) is 0 Å². The SMILES string of the molecule is CC[C@@H](NC(=O)CN1C(=O)CCCc2c(OC)cccc21)C(=O)NCN. The molecule has 0 fully saturated rings. The van der Waals surface area contributed by atoms with E-state index in [1.165, 1.54) is 4.90 Å². The Kier molecular flexibility index (Phi) is 6.97.